The van der Waals surface area contributed by atoms with E-state index in [0.717, 1.165) is 6.42 Å². The molecule has 3 amide bonds. The lowest BCUT2D eigenvalue weighted by Crippen LogP contribution is -2.32. The third-order valence-electron chi connectivity index (χ3n) is 4.73. The molecule has 0 spiro atoms. The third-order valence-corrected chi connectivity index (χ3v) is 4.73. The molecule has 1 unspecified atom stereocenters. The number of nitrogens with zero attached hydrogens (tertiary/aromatic N) is 2. The summed E-state index contributed by atoms with van der Waals surface area (Å²) in [6.07, 6.45) is 0.737. The zero-order valence-corrected chi connectivity index (χ0v) is 17.1. The molecule has 9 heteroatoms. The number of fused-ring (bicyclic) bond motifs is 1. The highest BCUT2D eigenvalue weighted by Gasteiger charge is 2.36. The minimum atomic E-state index is -1.05. The van der Waals surface area contributed by atoms with Gasteiger partial charge in [-0.25, -0.2) is 4.79 Å². The number of carbonyl (C=O) groups excluding carboxylic acids is 4. The molecule has 1 aliphatic heterocycles. The lowest BCUT2D eigenvalue weighted by Gasteiger charge is -2.15. The molecule has 1 N–H and O–H groups in total. The Balaban J connectivity index is 1.71. The Kier molecular flexibility index (Phi) is 6.29. The summed E-state index contributed by atoms with van der Waals surface area (Å²) < 4.78 is 10.2. The van der Waals surface area contributed by atoms with Crippen LogP contribution in [0.3, 0.4) is 0 Å². The maximum atomic E-state index is 12.6. The Morgan fingerprint density at radius 2 is 1.90 bits per heavy atom. The summed E-state index contributed by atoms with van der Waals surface area (Å²) in [5.41, 5.74) is 0.524. The molecule has 2 heterocycles. The van der Waals surface area contributed by atoms with Crippen molar-refractivity contribution >= 4 is 29.5 Å². The second kappa shape index (κ2) is 8.89. The average molecular weight is 413 g/mol. The number of aromatic nitrogens is 1. The van der Waals surface area contributed by atoms with Crippen LogP contribution in [0, 0.1) is 6.92 Å². The van der Waals surface area contributed by atoms with Gasteiger partial charge in [0.1, 0.15) is 5.76 Å². The maximum Gasteiger partial charge on any atom is 0.338 e. The molecule has 1 aromatic heterocycles. The van der Waals surface area contributed by atoms with Crippen molar-refractivity contribution in [1.82, 2.24) is 10.1 Å². The van der Waals surface area contributed by atoms with E-state index in [1.165, 1.54) is 23.1 Å². The number of nitrogens with one attached hydrogen (secondary N) is 1. The molecule has 1 atom stereocenters. The molecule has 1 aromatic carbocycles. The van der Waals surface area contributed by atoms with Gasteiger partial charge in [0.05, 0.1) is 16.7 Å². The quantitative estimate of drug-likeness (QED) is 0.522. The molecule has 0 saturated carbocycles. The second-order valence-electron chi connectivity index (χ2n) is 6.99. The number of hydrogen-bond acceptors (Lipinski definition) is 7. The number of hydrogen-bond donors (Lipinski definition) is 1. The molecule has 0 aliphatic carbocycles. The van der Waals surface area contributed by atoms with E-state index in [4.69, 9.17) is 9.26 Å². The first-order chi connectivity index (χ1) is 14.3. The van der Waals surface area contributed by atoms with Gasteiger partial charge >= 0.3 is 5.97 Å². The Bertz CT molecular complexity index is 996. The van der Waals surface area contributed by atoms with Crippen molar-refractivity contribution in [2.75, 3.05) is 11.9 Å². The molecule has 2 aromatic rings. The third kappa shape index (κ3) is 4.24. The number of aryl methyl sites for hydroxylation is 1. The summed E-state index contributed by atoms with van der Waals surface area (Å²) in [7, 11) is 0. The van der Waals surface area contributed by atoms with E-state index >= 15 is 0 Å². The fraction of sp³-hybridized carbons (Fsp3) is 0.381. The van der Waals surface area contributed by atoms with Crippen LogP contribution in [0.1, 0.15) is 69.9 Å². The highest BCUT2D eigenvalue weighted by atomic mass is 16.5. The standard InChI is InChI=1S/C21H23N3O6/c1-4-6-9-24-19(26)14-8-7-13(11-15(14)20(24)27)21(28)29-16(5-2)18(25)22-17-10-12(3)30-23-17/h7-8,10-11,16H,4-6,9H2,1-3H3,(H,22,23,25). The molecular formula is C21H23N3O6. The van der Waals surface area contributed by atoms with Crippen LogP contribution in [0.15, 0.2) is 28.8 Å². The Hall–Kier alpha value is -3.49. The van der Waals surface area contributed by atoms with Crippen molar-refractivity contribution in [1.29, 1.82) is 0 Å². The minimum absolute atomic E-state index is 0.0933. The zero-order valence-electron chi connectivity index (χ0n) is 17.1. The first kappa shape index (κ1) is 21.2. The Morgan fingerprint density at radius 3 is 2.53 bits per heavy atom. The van der Waals surface area contributed by atoms with Gasteiger partial charge in [-0.05, 0) is 38.0 Å². The van der Waals surface area contributed by atoms with E-state index in [0.29, 0.717) is 18.7 Å². The highest BCUT2D eigenvalue weighted by Crippen LogP contribution is 2.25. The van der Waals surface area contributed by atoms with Crippen LogP contribution >= 0.6 is 0 Å². The van der Waals surface area contributed by atoms with Crippen LogP contribution in [-0.2, 0) is 9.53 Å². The van der Waals surface area contributed by atoms with Gasteiger partial charge in [-0.3, -0.25) is 19.3 Å². The van der Waals surface area contributed by atoms with Gasteiger partial charge in [0, 0.05) is 12.6 Å². The molecule has 3 rings (SSSR count). The lowest BCUT2D eigenvalue weighted by molar-refractivity contribution is -0.124. The molecule has 0 saturated heterocycles. The molecular weight excluding hydrogens is 390 g/mol. The second-order valence-corrected chi connectivity index (χ2v) is 6.99. The largest absolute Gasteiger partial charge is 0.449 e. The fourth-order valence-corrected chi connectivity index (χ4v) is 3.09. The SMILES string of the molecule is CCCCN1C(=O)c2ccc(C(=O)OC(CC)C(=O)Nc3cc(C)on3)cc2C1=O. The van der Waals surface area contributed by atoms with Gasteiger partial charge in [0.15, 0.2) is 11.9 Å². The number of anilines is 1. The molecule has 0 bridgehead atoms. The van der Waals surface area contributed by atoms with Crippen molar-refractivity contribution in [3.05, 3.63) is 46.7 Å². The number of unbranched alkanes of at least 4 members (excludes halogenated alkanes) is 1. The van der Waals surface area contributed by atoms with E-state index in [2.05, 4.69) is 10.5 Å². The number of rotatable bonds is 8. The van der Waals surface area contributed by atoms with E-state index in [1.807, 2.05) is 6.92 Å². The van der Waals surface area contributed by atoms with Gasteiger partial charge in [-0.15, -0.1) is 0 Å². The minimum Gasteiger partial charge on any atom is -0.449 e. The predicted molar refractivity (Wildman–Crippen MR) is 106 cm³/mol. The number of amides is 3. The molecule has 158 valence electrons. The van der Waals surface area contributed by atoms with Crippen molar-refractivity contribution in [2.24, 2.45) is 0 Å². The van der Waals surface area contributed by atoms with Gasteiger partial charge in [0.2, 0.25) is 0 Å². The van der Waals surface area contributed by atoms with Crippen LogP contribution < -0.4 is 5.32 Å². The Labute approximate surface area is 173 Å². The maximum absolute atomic E-state index is 12.6. The lowest BCUT2D eigenvalue weighted by atomic mass is 10.1. The van der Waals surface area contributed by atoms with Crippen molar-refractivity contribution in [2.45, 2.75) is 46.1 Å². The molecule has 0 fully saturated rings. The molecule has 0 radical (unpaired) electrons. The monoisotopic (exact) mass is 413 g/mol. The van der Waals surface area contributed by atoms with Crippen LogP contribution in [0.4, 0.5) is 5.82 Å². The van der Waals surface area contributed by atoms with Gasteiger partial charge in [-0.1, -0.05) is 25.4 Å². The average Bonchev–Trinajstić information content (AvgIpc) is 3.24. The first-order valence-corrected chi connectivity index (χ1v) is 9.81. The van der Waals surface area contributed by atoms with E-state index < -0.39 is 23.9 Å². The molecule has 1 aliphatic rings. The van der Waals surface area contributed by atoms with Crippen LogP contribution in [0.2, 0.25) is 0 Å². The van der Waals surface area contributed by atoms with Gasteiger partial charge < -0.3 is 14.6 Å². The topological polar surface area (TPSA) is 119 Å². The fourth-order valence-electron chi connectivity index (χ4n) is 3.09. The summed E-state index contributed by atoms with van der Waals surface area (Å²) >= 11 is 0. The molecule has 9 nitrogen and oxygen atoms in total. The van der Waals surface area contributed by atoms with Crippen molar-refractivity contribution < 1.29 is 28.4 Å². The van der Waals surface area contributed by atoms with E-state index in [1.54, 1.807) is 19.9 Å². The number of carbonyl (C=O) groups is 4. The summed E-state index contributed by atoms with van der Waals surface area (Å²) in [5.74, 6) is -1.34. The first-order valence-electron chi connectivity index (χ1n) is 9.81. The van der Waals surface area contributed by atoms with Crippen LogP contribution in [-0.4, -0.2) is 46.4 Å². The van der Waals surface area contributed by atoms with Crippen molar-refractivity contribution in [3.8, 4) is 0 Å². The normalized spacial score (nSPS) is 13.9. The van der Waals surface area contributed by atoms with E-state index in [9.17, 15) is 19.2 Å². The van der Waals surface area contributed by atoms with Crippen molar-refractivity contribution in [3.63, 3.8) is 0 Å². The summed E-state index contributed by atoms with van der Waals surface area (Å²) in [5, 5.41) is 6.20. The highest BCUT2D eigenvalue weighted by molar-refractivity contribution is 6.22. The van der Waals surface area contributed by atoms with Gasteiger partial charge in [-0.2, -0.15) is 0 Å². The summed E-state index contributed by atoms with van der Waals surface area (Å²) in [6.45, 7) is 5.68. The number of benzene rings is 1. The summed E-state index contributed by atoms with van der Waals surface area (Å²) in [6, 6.07) is 5.74. The van der Waals surface area contributed by atoms with E-state index in [-0.39, 0.29) is 34.8 Å². The smallest absolute Gasteiger partial charge is 0.338 e. The number of esters is 1. The number of imide groups is 1. The van der Waals surface area contributed by atoms with Gasteiger partial charge in [0.25, 0.3) is 17.7 Å². The number of ether oxygens (including phenoxy) is 1. The predicted octanol–water partition coefficient (Wildman–Crippen LogP) is 2.95. The zero-order chi connectivity index (χ0) is 21.8. The molecule has 30 heavy (non-hydrogen) atoms. The summed E-state index contributed by atoms with van der Waals surface area (Å²) in [4.78, 5) is 51.1. The Morgan fingerprint density at radius 1 is 1.17 bits per heavy atom. The van der Waals surface area contributed by atoms with Crippen LogP contribution in [0.25, 0.3) is 0 Å². The van der Waals surface area contributed by atoms with Crippen LogP contribution in [0.5, 0.6) is 0 Å².